The summed E-state index contributed by atoms with van der Waals surface area (Å²) < 4.78 is 20.7. The summed E-state index contributed by atoms with van der Waals surface area (Å²) in [5, 5.41) is 5.59. The van der Waals surface area contributed by atoms with Crippen LogP contribution in [0.25, 0.3) is 11.1 Å². The Kier molecular flexibility index (Phi) is 7.02. The van der Waals surface area contributed by atoms with E-state index in [1.807, 2.05) is 49.5 Å². The van der Waals surface area contributed by atoms with E-state index in [4.69, 9.17) is 4.74 Å². The molecule has 2 aromatic heterocycles. The molecule has 1 aromatic carbocycles. The van der Waals surface area contributed by atoms with Crippen molar-refractivity contribution in [2.45, 2.75) is 64.0 Å². The van der Waals surface area contributed by atoms with Crippen molar-refractivity contribution in [2.75, 3.05) is 5.32 Å². The number of hydrogen-bond acceptors (Lipinski definition) is 5. The lowest BCUT2D eigenvalue weighted by Gasteiger charge is -2.27. The molecule has 0 aliphatic heterocycles. The first-order valence-corrected chi connectivity index (χ1v) is 13.9. The summed E-state index contributed by atoms with van der Waals surface area (Å²) in [5.41, 5.74) is 3.78. The van der Waals surface area contributed by atoms with Crippen LogP contribution in [0.15, 0.2) is 54.7 Å². The molecule has 2 heterocycles. The van der Waals surface area contributed by atoms with E-state index in [2.05, 4.69) is 20.6 Å². The molecule has 3 aliphatic rings. The average Bonchev–Trinajstić information content (AvgIpc) is 3.76. The van der Waals surface area contributed by atoms with Crippen LogP contribution < -0.4 is 10.6 Å². The van der Waals surface area contributed by atoms with Gasteiger partial charge in [0, 0.05) is 23.0 Å². The first kappa shape index (κ1) is 25.5. The Morgan fingerprint density at radius 3 is 2.36 bits per heavy atom. The van der Waals surface area contributed by atoms with Crippen molar-refractivity contribution in [1.29, 1.82) is 0 Å². The number of anilines is 1. The lowest BCUT2D eigenvalue weighted by Crippen LogP contribution is -2.50. The Bertz CT molecular complexity index is 1360. The van der Waals surface area contributed by atoms with Gasteiger partial charge >= 0.3 is 6.09 Å². The molecule has 2 N–H and O–H groups in total. The highest BCUT2D eigenvalue weighted by Gasteiger charge is 2.48. The van der Waals surface area contributed by atoms with E-state index in [1.54, 1.807) is 12.1 Å². The number of nitrogens with zero attached hydrogens (tertiary/aromatic N) is 2. The molecule has 7 nitrogen and oxygen atoms in total. The molecule has 3 saturated carbocycles. The van der Waals surface area contributed by atoms with Crippen LogP contribution in [0.4, 0.5) is 15.0 Å². The number of halogens is 1. The summed E-state index contributed by atoms with van der Waals surface area (Å²) in [6.07, 6.45) is 7.66. The van der Waals surface area contributed by atoms with Crippen molar-refractivity contribution < 1.29 is 18.7 Å². The lowest BCUT2D eigenvalue weighted by atomic mass is 9.89. The van der Waals surface area contributed by atoms with Gasteiger partial charge in [0.05, 0.1) is 0 Å². The maximum Gasteiger partial charge on any atom is 0.408 e. The van der Waals surface area contributed by atoms with Crippen molar-refractivity contribution in [3.63, 3.8) is 0 Å². The van der Waals surface area contributed by atoms with Crippen LogP contribution in [0.1, 0.15) is 61.3 Å². The summed E-state index contributed by atoms with van der Waals surface area (Å²) in [5.74, 6) is 0.355. The topological polar surface area (TPSA) is 93.2 Å². The highest BCUT2D eigenvalue weighted by molar-refractivity contribution is 5.96. The summed E-state index contributed by atoms with van der Waals surface area (Å²) in [7, 11) is 0. The van der Waals surface area contributed by atoms with Crippen LogP contribution in [0.5, 0.6) is 0 Å². The highest BCUT2D eigenvalue weighted by atomic mass is 19.1. The predicted octanol–water partition coefficient (Wildman–Crippen LogP) is 6.14. The molecule has 0 unspecified atom stereocenters. The Morgan fingerprint density at radius 2 is 1.72 bits per heavy atom. The third kappa shape index (κ3) is 6.10. The van der Waals surface area contributed by atoms with Gasteiger partial charge in [-0.25, -0.2) is 9.78 Å². The third-order valence-electron chi connectivity index (χ3n) is 8.03. The van der Waals surface area contributed by atoms with Gasteiger partial charge in [-0.05, 0) is 98.4 Å². The Hall–Kier alpha value is -3.81. The van der Waals surface area contributed by atoms with E-state index in [-0.39, 0.29) is 18.3 Å². The quantitative estimate of drug-likeness (QED) is 0.309. The Balaban J connectivity index is 1.17. The van der Waals surface area contributed by atoms with E-state index in [0.29, 0.717) is 28.9 Å². The molecule has 202 valence electrons. The van der Waals surface area contributed by atoms with Crippen molar-refractivity contribution >= 4 is 17.8 Å². The second-order valence-electron chi connectivity index (χ2n) is 11.1. The smallest absolute Gasteiger partial charge is 0.408 e. The van der Waals surface area contributed by atoms with Crippen molar-refractivity contribution in [3.8, 4) is 11.1 Å². The molecule has 3 aromatic rings. The average molecular weight is 529 g/mol. The third-order valence-corrected chi connectivity index (χ3v) is 8.03. The van der Waals surface area contributed by atoms with E-state index in [0.717, 1.165) is 55.3 Å². The zero-order valence-electron chi connectivity index (χ0n) is 22.0. The molecule has 0 spiro atoms. The zero-order valence-corrected chi connectivity index (χ0v) is 22.0. The van der Waals surface area contributed by atoms with Crippen LogP contribution in [0.3, 0.4) is 0 Å². The number of ether oxygens (including phenoxy) is 1. The normalized spacial score (nSPS) is 17.5. The van der Waals surface area contributed by atoms with Gasteiger partial charge in [0.2, 0.25) is 11.9 Å². The molecule has 1 atom stereocenters. The summed E-state index contributed by atoms with van der Waals surface area (Å²) >= 11 is 0. The lowest BCUT2D eigenvalue weighted by molar-refractivity contribution is -0.119. The molecule has 3 fully saturated rings. The molecular formula is C31H33FN4O3. The summed E-state index contributed by atoms with van der Waals surface area (Å²) in [6, 6.07) is 13.9. The zero-order chi connectivity index (χ0) is 26.9. The molecule has 2 amide bonds. The second kappa shape index (κ2) is 10.8. The van der Waals surface area contributed by atoms with Crippen molar-refractivity contribution in [3.05, 3.63) is 77.5 Å². The van der Waals surface area contributed by atoms with E-state index >= 15 is 4.39 Å². The first-order valence-electron chi connectivity index (χ1n) is 13.9. The molecule has 0 radical (unpaired) electrons. The molecule has 6 rings (SSSR count). The van der Waals surface area contributed by atoms with E-state index in [9.17, 15) is 9.59 Å². The van der Waals surface area contributed by atoms with Gasteiger partial charge in [-0.15, -0.1) is 0 Å². The molecule has 8 heteroatoms. The largest absolute Gasteiger partial charge is 0.445 e. The first-order chi connectivity index (χ1) is 19.0. The van der Waals surface area contributed by atoms with Gasteiger partial charge < -0.3 is 15.4 Å². The van der Waals surface area contributed by atoms with Gasteiger partial charge in [-0.2, -0.15) is 4.39 Å². The van der Waals surface area contributed by atoms with Crippen LogP contribution in [0.2, 0.25) is 0 Å². The van der Waals surface area contributed by atoms with Gasteiger partial charge in [-0.1, -0.05) is 30.3 Å². The number of alkyl carbamates (subject to hydrolysis) is 1. The fourth-order valence-corrected chi connectivity index (χ4v) is 5.49. The number of hydrogen-bond donors (Lipinski definition) is 2. The number of pyridine rings is 2. The molecule has 0 saturated heterocycles. The second-order valence-corrected chi connectivity index (χ2v) is 11.1. The minimum atomic E-state index is -0.778. The van der Waals surface area contributed by atoms with Crippen LogP contribution in [-0.2, 0) is 16.1 Å². The summed E-state index contributed by atoms with van der Waals surface area (Å²) in [6.45, 7) is 1.97. The van der Waals surface area contributed by atoms with Crippen LogP contribution in [0, 0.1) is 30.6 Å². The fraction of sp³-hybridized carbons (Fsp3) is 0.419. The number of aromatic nitrogens is 2. The van der Waals surface area contributed by atoms with Gasteiger partial charge in [0.15, 0.2) is 0 Å². The number of amides is 2. The molecular weight excluding hydrogens is 495 g/mol. The monoisotopic (exact) mass is 528 g/mol. The van der Waals surface area contributed by atoms with Crippen LogP contribution >= 0.6 is 0 Å². The Morgan fingerprint density at radius 1 is 1.00 bits per heavy atom. The molecule has 39 heavy (non-hydrogen) atoms. The van der Waals surface area contributed by atoms with Gasteiger partial charge in [0.25, 0.3) is 0 Å². The number of nitrogens with one attached hydrogen (secondary N) is 2. The van der Waals surface area contributed by atoms with E-state index < -0.39 is 24.0 Å². The number of carbonyl (C=O) groups is 2. The minimum absolute atomic E-state index is 0.0253. The van der Waals surface area contributed by atoms with Gasteiger partial charge in [0.1, 0.15) is 18.5 Å². The number of aryl methyl sites for hydroxylation is 1. The van der Waals surface area contributed by atoms with Crippen molar-refractivity contribution in [2.24, 2.45) is 17.8 Å². The molecule has 3 aliphatic carbocycles. The SMILES string of the molecule is Cc1ncc(C2CC2)cc1-c1ccc(NC(=O)[C@@H](NC(=O)OCc2ccccc2)C(C2CC2)C2CC2)nc1F. The number of rotatable bonds is 10. The summed E-state index contributed by atoms with van der Waals surface area (Å²) in [4.78, 5) is 34.8. The van der Waals surface area contributed by atoms with Crippen molar-refractivity contribution in [1.82, 2.24) is 15.3 Å². The standard InChI is InChI=1S/C31H33FN4O3/c1-18-25(15-23(16-33-18)20-7-8-20)24-13-14-26(34-29(24)32)35-30(37)28(27(21-9-10-21)22-11-12-22)36-31(38)39-17-19-5-3-2-4-6-19/h2-6,13-16,20-22,27-28H,7-12,17H2,1H3,(H,36,38)(H,34,35,37)/t28-/m0/s1. The van der Waals surface area contributed by atoms with E-state index in [1.165, 1.54) is 0 Å². The Labute approximate surface area is 227 Å². The maximum absolute atomic E-state index is 15.2. The fourth-order valence-electron chi connectivity index (χ4n) is 5.49. The minimum Gasteiger partial charge on any atom is -0.445 e. The van der Waals surface area contributed by atoms with Gasteiger partial charge in [-0.3, -0.25) is 9.78 Å². The molecule has 0 bridgehead atoms. The maximum atomic E-state index is 15.2. The van der Waals surface area contributed by atoms with Crippen LogP contribution in [-0.4, -0.2) is 28.0 Å². The number of benzene rings is 1. The predicted molar refractivity (Wildman–Crippen MR) is 145 cm³/mol. The number of carbonyl (C=O) groups excluding carboxylic acids is 2. The highest BCUT2D eigenvalue weighted by Crippen LogP contribution is 2.51.